The molecule has 1 aliphatic carbocycles. The number of hydrogen-bond acceptors (Lipinski definition) is 2. The van der Waals surface area contributed by atoms with Crippen LogP contribution in [0.3, 0.4) is 0 Å². The van der Waals surface area contributed by atoms with Crippen LogP contribution < -0.4 is 5.32 Å². The van der Waals surface area contributed by atoms with Crippen molar-refractivity contribution in [3.63, 3.8) is 0 Å². The predicted octanol–water partition coefficient (Wildman–Crippen LogP) is 1.95. The Morgan fingerprint density at radius 3 is 2.67 bits per heavy atom. The first kappa shape index (κ1) is 10.0. The fourth-order valence-electron chi connectivity index (χ4n) is 1.71. The zero-order valence-electron chi connectivity index (χ0n) is 8.14. The highest BCUT2D eigenvalue weighted by atomic mass is 16.5. The summed E-state index contributed by atoms with van der Waals surface area (Å²) in [6.45, 7) is 2.08. The molecule has 0 heterocycles. The van der Waals surface area contributed by atoms with Crippen LogP contribution in [-0.4, -0.2) is 26.3 Å². The van der Waals surface area contributed by atoms with Crippen LogP contribution in [0.2, 0.25) is 0 Å². The quantitative estimate of drug-likeness (QED) is 0.617. The molecule has 0 spiro atoms. The Balaban J connectivity index is 1.81. The fourth-order valence-corrected chi connectivity index (χ4v) is 1.71. The molecule has 0 aromatic carbocycles. The van der Waals surface area contributed by atoms with E-state index in [2.05, 4.69) is 5.32 Å². The van der Waals surface area contributed by atoms with Gasteiger partial charge in [-0.3, -0.25) is 0 Å². The Labute approximate surface area is 75.7 Å². The maximum atomic E-state index is 5.72. The molecular formula is C10H21NO. The standard InChI is InChI=1S/C10H21NO/c1-11-8-4-5-9-12-10-6-2-3-7-10/h10-11H,2-9H2,1H3. The lowest BCUT2D eigenvalue weighted by Gasteiger charge is -2.10. The van der Waals surface area contributed by atoms with Crippen LogP contribution in [0, 0.1) is 0 Å². The second-order valence-corrected chi connectivity index (χ2v) is 3.59. The topological polar surface area (TPSA) is 21.3 Å². The Morgan fingerprint density at radius 2 is 2.00 bits per heavy atom. The number of hydrogen-bond donors (Lipinski definition) is 1. The number of unbranched alkanes of at least 4 members (excludes halogenated alkanes) is 1. The van der Waals surface area contributed by atoms with Crippen LogP contribution in [0.1, 0.15) is 38.5 Å². The summed E-state index contributed by atoms with van der Waals surface area (Å²) >= 11 is 0. The third-order valence-corrected chi connectivity index (χ3v) is 2.48. The van der Waals surface area contributed by atoms with E-state index in [4.69, 9.17) is 4.74 Å². The molecule has 0 bridgehead atoms. The van der Waals surface area contributed by atoms with E-state index in [9.17, 15) is 0 Å². The molecule has 1 saturated carbocycles. The molecule has 2 heteroatoms. The summed E-state index contributed by atoms with van der Waals surface area (Å²) in [5.41, 5.74) is 0. The molecule has 0 radical (unpaired) electrons. The minimum atomic E-state index is 0.597. The summed E-state index contributed by atoms with van der Waals surface area (Å²) in [6, 6.07) is 0. The van der Waals surface area contributed by atoms with Crippen LogP contribution in [0.4, 0.5) is 0 Å². The van der Waals surface area contributed by atoms with Gasteiger partial charge in [0.05, 0.1) is 6.10 Å². The number of rotatable bonds is 6. The molecule has 0 atom stereocenters. The normalized spacial score (nSPS) is 18.8. The molecule has 1 fully saturated rings. The van der Waals surface area contributed by atoms with Gasteiger partial charge >= 0.3 is 0 Å². The summed E-state index contributed by atoms with van der Waals surface area (Å²) in [6.07, 6.45) is 8.39. The maximum Gasteiger partial charge on any atom is 0.0575 e. The predicted molar refractivity (Wildman–Crippen MR) is 51.4 cm³/mol. The molecule has 0 aromatic heterocycles. The smallest absolute Gasteiger partial charge is 0.0575 e. The largest absolute Gasteiger partial charge is 0.378 e. The van der Waals surface area contributed by atoms with Gasteiger partial charge in [-0.05, 0) is 39.3 Å². The molecule has 0 aliphatic heterocycles. The summed E-state index contributed by atoms with van der Waals surface area (Å²) in [5, 5.41) is 3.14. The first-order chi connectivity index (χ1) is 5.93. The van der Waals surface area contributed by atoms with Gasteiger partial charge in [0.1, 0.15) is 0 Å². The van der Waals surface area contributed by atoms with Crippen molar-refractivity contribution in [3.05, 3.63) is 0 Å². The average Bonchev–Trinajstić information content (AvgIpc) is 2.57. The van der Waals surface area contributed by atoms with E-state index in [0.717, 1.165) is 13.2 Å². The lowest BCUT2D eigenvalue weighted by Crippen LogP contribution is -2.11. The van der Waals surface area contributed by atoms with Crippen molar-refractivity contribution in [2.45, 2.75) is 44.6 Å². The zero-order chi connectivity index (χ0) is 8.65. The first-order valence-corrected chi connectivity index (χ1v) is 5.19. The third kappa shape index (κ3) is 4.07. The van der Waals surface area contributed by atoms with Crippen molar-refractivity contribution in [1.82, 2.24) is 5.32 Å². The molecule has 1 rings (SSSR count). The number of ether oxygens (including phenoxy) is 1. The van der Waals surface area contributed by atoms with Gasteiger partial charge in [0, 0.05) is 6.61 Å². The van der Waals surface area contributed by atoms with Gasteiger partial charge in [-0.2, -0.15) is 0 Å². The number of nitrogens with one attached hydrogen (secondary N) is 1. The molecule has 2 nitrogen and oxygen atoms in total. The molecule has 0 aromatic rings. The van der Waals surface area contributed by atoms with Crippen molar-refractivity contribution < 1.29 is 4.74 Å². The van der Waals surface area contributed by atoms with Gasteiger partial charge in [0.25, 0.3) is 0 Å². The molecular weight excluding hydrogens is 150 g/mol. The minimum Gasteiger partial charge on any atom is -0.378 e. The lowest BCUT2D eigenvalue weighted by atomic mass is 10.3. The van der Waals surface area contributed by atoms with Crippen molar-refractivity contribution in [1.29, 1.82) is 0 Å². The van der Waals surface area contributed by atoms with E-state index in [0.29, 0.717) is 6.10 Å². The van der Waals surface area contributed by atoms with Crippen LogP contribution in [-0.2, 0) is 4.74 Å². The van der Waals surface area contributed by atoms with Gasteiger partial charge in [0.15, 0.2) is 0 Å². The van der Waals surface area contributed by atoms with Crippen molar-refractivity contribution in [2.24, 2.45) is 0 Å². The van der Waals surface area contributed by atoms with Crippen LogP contribution in [0.25, 0.3) is 0 Å². The molecule has 72 valence electrons. The summed E-state index contributed by atoms with van der Waals surface area (Å²) in [4.78, 5) is 0. The van der Waals surface area contributed by atoms with E-state index in [1.165, 1.54) is 38.5 Å². The molecule has 0 unspecified atom stereocenters. The molecule has 1 N–H and O–H groups in total. The van der Waals surface area contributed by atoms with Crippen LogP contribution in [0.15, 0.2) is 0 Å². The van der Waals surface area contributed by atoms with Crippen LogP contribution >= 0.6 is 0 Å². The molecule has 1 aliphatic rings. The third-order valence-electron chi connectivity index (χ3n) is 2.48. The fraction of sp³-hybridized carbons (Fsp3) is 1.00. The maximum absolute atomic E-state index is 5.72. The Bertz CT molecular complexity index is 100. The summed E-state index contributed by atoms with van der Waals surface area (Å²) < 4.78 is 5.72. The molecule has 0 amide bonds. The van der Waals surface area contributed by atoms with E-state index in [1.807, 2.05) is 7.05 Å². The zero-order valence-corrected chi connectivity index (χ0v) is 8.14. The van der Waals surface area contributed by atoms with Gasteiger partial charge in [-0.15, -0.1) is 0 Å². The Hall–Kier alpha value is -0.0800. The van der Waals surface area contributed by atoms with Crippen molar-refractivity contribution in [3.8, 4) is 0 Å². The van der Waals surface area contributed by atoms with Gasteiger partial charge in [-0.1, -0.05) is 12.8 Å². The molecule has 0 saturated heterocycles. The van der Waals surface area contributed by atoms with E-state index < -0.39 is 0 Å². The highest BCUT2D eigenvalue weighted by Crippen LogP contribution is 2.20. The van der Waals surface area contributed by atoms with E-state index in [1.54, 1.807) is 0 Å². The Morgan fingerprint density at radius 1 is 1.25 bits per heavy atom. The second kappa shape index (κ2) is 6.44. The lowest BCUT2D eigenvalue weighted by molar-refractivity contribution is 0.0560. The SMILES string of the molecule is CNCCCCOC1CCCC1. The highest BCUT2D eigenvalue weighted by molar-refractivity contribution is 4.66. The van der Waals surface area contributed by atoms with E-state index in [-0.39, 0.29) is 0 Å². The van der Waals surface area contributed by atoms with Gasteiger partial charge in [-0.25, -0.2) is 0 Å². The Kier molecular flexibility index (Phi) is 5.37. The van der Waals surface area contributed by atoms with E-state index >= 15 is 0 Å². The molecule has 12 heavy (non-hydrogen) atoms. The van der Waals surface area contributed by atoms with Crippen molar-refractivity contribution in [2.75, 3.05) is 20.2 Å². The van der Waals surface area contributed by atoms with Crippen molar-refractivity contribution >= 4 is 0 Å². The average molecular weight is 171 g/mol. The van der Waals surface area contributed by atoms with Gasteiger partial charge in [0.2, 0.25) is 0 Å². The van der Waals surface area contributed by atoms with Crippen LogP contribution in [0.5, 0.6) is 0 Å². The summed E-state index contributed by atoms with van der Waals surface area (Å²) in [7, 11) is 2.00. The van der Waals surface area contributed by atoms with Gasteiger partial charge < -0.3 is 10.1 Å². The monoisotopic (exact) mass is 171 g/mol. The first-order valence-electron chi connectivity index (χ1n) is 5.19. The second-order valence-electron chi connectivity index (χ2n) is 3.59. The summed E-state index contributed by atoms with van der Waals surface area (Å²) in [5.74, 6) is 0. The minimum absolute atomic E-state index is 0.597. The highest BCUT2D eigenvalue weighted by Gasteiger charge is 2.14.